The van der Waals surface area contributed by atoms with Crippen LogP contribution >= 0.6 is 0 Å². The lowest BCUT2D eigenvalue weighted by Crippen LogP contribution is -2.29. The first kappa shape index (κ1) is 21.2. The number of anilines is 2. The molecule has 0 radical (unpaired) electrons. The normalized spacial score (nSPS) is 10.5. The van der Waals surface area contributed by atoms with Crippen molar-refractivity contribution in [3.8, 4) is 0 Å². The van der Waals surface area contributed by atoms with Crippen molar-refractivity contribution in [3.05, 3.63) is 95.6 Å². The minimum Gasteiger partial charge on any atom is -0.326 e. The number of hydrogen-bond acceptors (Lipinski definition) is 2. The van der Waals surface area contributed by atoms with Gasteiger partial charge in [0.15, 0.2) is 0 Å². The standard InChI is InChI=1S/C24H22F2N2O2/c1-2-24(30)28(16-17-6-8-19(25)9-7-17)22-5-3-4-18(14-22)15-23(29)27-21-12-10-20(26)11-13-21/h3-14H,2,15-16H2,1H3,(H,27,29). The molecule has 0 saturated carbocycles. The Kier molecular flexibility index (Phi) is 6.91. The molecule has 0 fully saturated rings. The van der Waals surface area contributed by atoms with Crippen LogP contribution in [0.25, 0.3) is 0 Å². The SMILES string of the molecule is CCC(=O)N(Cc1ccc(F)cc1)c1cccc(CC(=O)Nc2ccc(F)cc2)c1. The average molecular weight is 408 g/mol. The molecule has 0 aliphatic rings. The topological polar surface area (TPSA) is 49.4 Å². The Morgan fingerprint density at radius 3 is 2.13 bits per heavy atom. The molecule has 6 heteroatoms. The van der Waals surface area contributed by atoms with E-state index in [0.717, 1.165) is 11.1 Å². The fourth-order valence-corrected chi connectivity index (χ4v) is 3.04. The number of carbonyl (C=O) groups excluding carboxylic acids is 2. The lowest BCUT2D eigenvalue weighted by molar-refractivity contribution is -0.118. The van der Waals surface area contributed by atoms with Gasteiger partial charge in [-0.1, -0.05) is 31.2 Å². The molecule has 0 bridgehead atoms. The third kappa shape index (κ3) is 5.73. The molecule has 0 heterocycles. The van der Waals surface area contributed by atoms with Crippen molar-refractivity contribution in [1.82, 2.24) is 0 Å². The van der Waals surface area contributed by atoms with Crippen LogP contribution in [0, 0.1) is 11.6 Å². The molecule has 2 amide bonds. The van der Waals surface area contributed by atoms with E-state index in [1.807, 2.05) is 0 Å². The van der Waals surface area contributed by atoms with Gasteiger partial charge in [0.1, 0.15) is 11.6 Å². The Morgan fingerprint density at radius 2 is 1.50 bits per heavy atom. The zero-order chi connectivity index (χ0) is 21.5. The number of nitrogens with zero attached hydrogens (tertiary/aromatic N) is 1. The van der Waals surface area contributed by atoms with Gasteiger partial charge in [-0.25, -0.2) is 8.78 Å². The van der Waals surface area contributed by atoms with Crippen molar-refractivity contribution in [2.45, 2.75) is 26.3 Å². The molecular formula is C24H22F2N2O2. The van der Waals surface area contributed by atoms with Crippen LogP contribution in [0.15, 0.2) is 72.8 Å². The van der Waals surface area contributed by atoms with Crippen LogP contribution < -0.4 is 10.2 Å². The summed E-state index contributed by atoms with van der Waals surface area (Å²) in [6.07, 6.45) is 0.423. The summed E-state index contributed by atoms with van der Waals surface area (Å²) >= 11 is 0. The van der Waals surface area contributed by atoms with Gasteiger partial charge in [0.2, 0.25) is 11.8 Å². The molecule has 0 atom stereocenters. The van der Waals surface area contributed by atoms with E-state index in [2.05, 4.69) is 5.32 Å². The molecule has 3 aromatic rings. The van der Waals surface area contributed by atoms with Gasteiger partial charge in [-0.3, -0.25) is 9.59 Å². The second-order valence-corrected chi connectivity index (χ2v) is 6.86. The molecule has 0 unspecified atom stereocenters. The van der Waals surface area contributed by atoms with Crippen molar-refractivity contribution in [3.63, 3.8) is 0 Å². The lowest BCUT2D eigenvalue weighted by atomic mass is 10.1. The van der Waals surface area contributed by atoms with Crippen molar-refractivity contribution in [1.29, 1.82) is 0 Å². The van der Waals surface area contributed by atoms with Crippen molar-refractivity contribution >= 4 is 23.2 Å². The molecule has 3 rings (SSSR count). The highest BCUT2D eigenvalue weighted by Crippen LogP contribution is 2.21. The number of carbonyl (C=O) groups is 2. The summed E-state index contributed by atoms with van der Waals surface area (Å²) in [7, 11) is 0. The van der Waals surface area contributed by atoms with Crippen LogP contribution in [-0.2, 0) is 22.6 Å². The van der Waals surface area contributed by atoms with E-state index in [9.17, 15) is 18.4 Å². The van der Waals surface area contributed by atoms with Crippen molar-refractivity contribution in [2.24, 2.45) is 0 Å². The highest BCUT2D eigenvalue weighted by atomic mass is 19.1. The highest BCUT2D eigenvalue weighted by molar-refractivity contribution is 5.94. The van der Waals surface area contributed by atoms with E-state index in [4.69, 9.17) is 0 Å². The number of benzene rings is 3. The van der Waals surface area contributed by atoms with Crippen LogP contribution in [0.4, 0.5) is 20.2 Å². The first-order valence-corrected chi connectivity index (χ1v) is 9.64. The number of nitrogens with one attached hydrogen (secondary N) is 1. The Hall–Kier alpha value is -3.54. The molecule has 0 aliphatic carbocycles. The van der Waals surface area contributed by atoms with E-state index >= 15 is 0 Å². The lowest BCUT2D eigenvalue weighted by Gasteiger charge is -2.23. The van der Waals surface area contributed by atoms with Crippen molar-refractivity contribution in [2.75, 3.05) is 10.2 Å². The summed E-state index contributed by atoms with van der Waals surface area (Å²) in [5.41, 5.74) is 2.72. The van der Waals surface area contributed by atoms with Gasteiger partial charge < -0.3 is 10.2 Å². The molecule has 0 saturated heterocycles. The van der Waals surface area contributed by atoms with Crippen LogP contribution in [-0.4, -0.2) is 11.8 Å². The molecule has 0 aliphatic heterocycles. The molecule has 30 heavy (non-hydrogen) atoms. The largest absolute Gasteiger partial charge is 0.326 e. The molecular weight excluding hydrogens is 386 g/mol. The van der Waals surface area contributed by atoms with Crippen molar-refractivity contribution < 1.29 is 18.4 Å². The maximum atomic E-state index is 13.2. The minimum atomic E-state index is -0.373. The maximum Gasteiger partial charge on any atom is 0.228 e. The molecule has 0 spiro atoms. The number of rotatable bonds is 7. The van der Waals surface area contributed by atoms with Gasteiger partial charge in [0, 0.05) is 17.8 Å². The quantitative estimate of drug-likeness (QED) is 0.592. The van der Waals surface area contributed by atoms with Gasteiger partial charge in [-0.05, 0) is 59.7 Å². The van der Waals surface area contributed by atoms with Gasteiger partial charge in [-0.2, -0.15) is 0 Å². The third-order valence-corrected chi connectivity index (χ3v) is 4.57. The third-order valence-electron chi connectivity index (χ3n) is 4.57. The number of halogens is 2. The van der Waals surface area contributed by atoms with E-state index in [1.54, 1.807) is 48.2 Å². The number of amides is 2. The summed E-state index contributed by atoms with van der Waals surface area (Å²) in [5, 5.41) is 2.72. The van der Waals surface area contributed by atoms with Crippen LogP contribution in [0.3, 0.4) is 0 Å². The van der Waals surface area contributed by atoms with Crippen LogP contribution in [0.1, 0.15) is 24.5 Å². The van der Waals surface area contributed by atoms with E-state index in [0.29, 0.717) is 24.3 Å². The fourth-order valence-electron chi connectivity index (χ4n) is 3.04. The predicted octanol–water partition coefficient (Wildman–Crippen LogP) is 5.09. The van der Waals surface area contributed by atoms with Gasteiger partial charge in [0.25, 0.3) is 0 Å². The molecule has 3 aromatic carbocycles. The summed E-state index contributed by atoms with van der Waals surface area (Å²) in [4.78, 5) is 26.5. The zero-order valence-corrected chi connectivity index (χ0v) is 16.6. The second-order valence-electron chi connectivity index (χ2n) is 6.86. The van der Waals surface area contributed by atoms with Crippen LogP contribution in [0.5, 0.6) is 0 Å². The highest BCUT2D eigenvalue weighted by Gasteiger charge is 2.16. The first-order valence-electron chi connectivity index (χ1n) is 9.64. The van der Waals surface area contributed by atoms with Crippen LogP contribution in [0.2, 0.25) is 0 Å². The molecule has 154 valence electrons. The Labute approximate surface area is 174 Å². The smallest absolute Gasteiger partial charge is 0.228 e. The summed E-state index contributed by atoms with van der Waals surface area (Å²) in [5.74, 6) is -1.03. The summed E-state index contributed by atoms with van der Waals surface area (Å²) in [6.45, 7) is 2.08. The minimum absolute atomic E-state index is 0.0766. The number of hydrogen-bond donors (Lipinski definition) is 1. The summed E-state index contributed by atoms with van der Waals surface area (Å²) in [6, 6.07) is 18.7. The summed E-state index contributed by atoms with van der Waals surface area (Å²) < 4.78 is 26.2. The Bertz CT molecular complexity index is 1020. The van der Waals surface area contributed by atoms with Gasteiger partial charge >= 0.3 is 0 Å². The van der Waals surface area contributed by atoms with Gasteiger partial charge in [-0.15, -0.1) is 0 Å². The molecule has 0 aromatic heterocycles. The second kappa shape index (κ2) is 9.78. The van der Waals surface area contributed by atoms with E-state index in [-0.39, 0.29) is 29.9 Å². The van der Waals surface area contributed by atoms with Gasteiger partial charge in [0.05, 0.1) is 13.0 Å². The fraction of sp³-hybridized carbons (Fsp3) is 0.167. The molecule has 1 N–H and O–H groups in total. The monoisotopic (exact) mass is 408 g/mol. The average Bonchev–Trinajstić information content (AvgIpc) is 2.74. The van der Waals surface area contributed by atoms with E-state index in [1.165, 1.54) is 36.4 Å². The maximum absolute atomic E-state index is 13.2. The Balaban J connectivity index is 1.74. The molecule has 4 nitrogen and oxygen atoms in total. The predicted molar refractivity (Wildman–Crippen MR) is 113 cm³/mol. The van der Waals surface area contributed by atoms with E-state index < -0.39 is 0 Å². The Morgan fingerprint density at radius 1 is 0.867 bits per heavy atom. The first-order chi connectivity index (χ1) is 14.4. The zero-order valence-electron chi connectivity index (χ0n) is 16.6.